The van der Waals surface area contributed by atoms with Crippen LogP contribution in [0.3, 0.4) is 0 Å². The van der Waals surface area contributed by atoms with Gasteiger partial charge in [0.15, 0.2) is 11.5 Å². The van der Waals surface area contributed by atoms with E-state index in [1.807, 2.05) is 0 Å². The van der Waals surface area contributed by atoms with Crippen LogP contribution in [0.5, 0.6) is 23.0 Å². The molecule has 20 heavy (non-hydrogen) atoms. The number of hydrogen-bond donors (Lipinski definition) is 1. The van der Waals surface area contributed by atoms with Crippen LogP contribution < -0.4 is 24.3 Å². The largest absolute Gasteiger partial charge is 0.493 e. The smallest absolute Gasteiger partial charge is 0.203 e. The van der Waals surface area contributed by atoms with Gasteiger partial charge in [0.2, 0.25) is 5.75 Å². The maximum absolute atomic E-state index is 5.75. The Bertz CT molecular complexity index is 384. The summed E-state index contributed by atoms with van der Waals surface area (Å²) >= 11 is 0. The lowest BCUT2D eigenvalue weighted by Crippen LogP contribution is -2.27. The summed E-state index contributed by atoms with van der Waals surface area (Å²) in [6.45, 7) is 5.83. The molecule has 1 unspecified atom stereocenters. The molecule has 0 aliphatic heterocycles. The van der Waals surface area contributed by atoms with Crippen LogP contribution in [0.1, 0.15) is 20.3 Å². The highest BCUT2D eigenvalue weighted by Crippen LogP contribution is 2.40. The van der Waals surface area contributed by atoms with Crippen LogP contribution in [0.25, 0.3) is 0 Å². The van der Waals surface area contributed by atoms with Crippen molar-refractivity contribution in [2.75, 3.05) is 34.5 Å². The fourth-order valence-corrected chi connectivity index (χ4v) is 1.94. The van der Waals surface area contributed by atoms with Crippen molar-refractivity contribution < 1.29 is 18.9 Å². The zero-order valence-corrected chi connectivity index (χ0v) is 13.0. The topological polar surface area (TPSA) is 49.0 Å². The molecule has 114 valence electrons. The summed E-state index contributed by atoms with van der Waals surface area (Å²) in [7, 11) is 4.77. The summed E-state index contributed by atoms with van der Waals surface area (Å²) < 4.78 is 21.6. The number of rotatable bonds is 9. The van der Waals surface area contributed by atoms with E-state index >= 15 is 0 Å². The minimum absolute atomic E-state index is 0.432. The molecule has 1 rings (SSSR count). The molecular weight excluding hydrogens is 258 g/mol. The van der Waals surface area contributed by atoms with Crippen molar-refractivity contribution in [3.8, 4) is 23.0 Å². The van der Waals surface area contributed by atoms with Gasteiger partial charge in [-0.25, -0.2) is 0 Å². The Hall–Kier alpha value is -1.62. The van der Waals surface area contributed by atoms with Crippen molar-refractivity contribution in [3.63, 3.8) is 0 Å². The Morgan fingerprint density at radius 1 is 1.05 bits per heavy atom. The van der Waals surface area contributed by atoms with Gasteiger partial charge in [-0.1, -0.05) is 6.92 Å². The first-order valence-electron chi connectivity index (χ1n) is 6.82. The van der Waals surface area contributed by atoms with Crippen LogP contribution in [0.4, 0.5) is 0 Å². The number of hydrogen-bond acceptors (Lipinski definition) is 5. The monoisotopic (exact) mass is 283 g/mol. The Labute approximate surface area is 121 Å². The number of methoxy groups -OCH3 is 3. The summed E-state index contributed by atoms with van der Waals surface area (Å²) in [5, 5.41) is 3.35. The van der Waals surface area contributed by atoms with Gasteiger partial charge >= 0.3 is 0 Å². The molecule has 0 aromatic heterocycles. The Morgan fingerprint density at radius 3 is 2.10 bits per heavy atom. The zero-order valence-electron chi connectivity index (χ0n) is 13.0. The van der Waals surface area contributed by atoms with Crippen molar-refractivity contribution >= 4 is 0 Å². The maximum Gasteiger partial charge on any atom is 0.203 e. The molecule has 0 radical (unpaired) electrons. The summed E-state index contributed by atoms with van der Waals surface area (Å²) in [6, 6.07) is 4.04. The number of nitrogens with one attached hydrogen (secondary N) is 1. The van der Waals surface area contributed by atoms with E-state index in [1.165, 1.54) is 0 Å². The molecule has 1 atom stereocenters. The summed E-state index contributed by atoms with van der Waals surface area (Å²) in [4.78, 5) is 0. The van der Waals surface area contributed by atoms with Gasteiger partial charge in [-0.15, -0.1) is 0 Å². The second-order valence-electron chi connectivity index (χ2n) is 4.46. The fourth-order valence-electron chi connectivity index (χ4n) is 1.94. The first kappa shape index (κ1) is 16.4. The normalized spacial score (nSPS) is 11.8. The molecule has 1 N–H and O–H groups in total. The average molecular weight is 283 g/mol. The van der Waals surface area contributed by atoms with E-state index in [0.717, 1.165) is 13.0 Å². The van der Waals surface area contributed by atoms with Crippen LogP contribution in [-0.2, 0) is 0 Å². The fraction of sp³-hybridized carbons (Fsp3) is 0.600. The second kappa shape index (κ2) is 8.53. The molecule has 0 saturated carbocycles. The zero-order chi connectivity index (χ0) is 15.0. The molecule has 0 fully saturated rings. The average Bonchev–Trinajstić information content (AvgIpc) is 2.46. The molecule has 1 aromatic rings. The highest BCUT2D eigenvalue weighted by atomic mass is 16.5. The van der Waals surface area contributed by atoms with Gasteiger partial charge in [0.1, 0.15) is 5.75 Å². The van der Waals surface area contributed by atoms with Crippen molar-refractivity contribution in [2.24, 2.45) is 0 Å². The second-order valence-corrected chi connectivity index (χ2v) is 4.46. The molecule has 0 spiro atoms. The van der Waals surface area contributed by atoms with Gasteiger partial charge in [-0.05, 0) is 19.9 Å². The van der Waals surface area contributed by atoms with Crippen LogP contribution in [0.15, 0.2) is 12.1 Å². The van der Waals surface area contributed by atoms with Gasteiger partial charge in [-0.3, -0.25) is 0 Å². The summed E-state index contributed by atoms with van der Waals surface area (Å²) in [6.07, 6.45) is 0.935. The summed E-state index contributed by atoms with van der Waals surface area (Å²) in [5.74, 6) is 2.48. The highest BCUT2D eigenvalue weighted by Gasteiger charge is 2.14. The predicted octanol–water partition coefficient (Wildman–Crippen LogP) is 2.48. The van der Waals surface area contributed by atoms with Crippen LogP contribution >= 0.6 is 0 Å². The lowest BCUT2D eigenvalue weighted by Gasteiger charge is -2.16. The number of benzene rings is 1. The van der Waals surface area contributed by atoms with Crippen LogP contribution in [0.2, 0.25) is 0 Å². The SMILES string of the molecule is CCNC(C)CCOc1cc(OC)c(OC)c(OC)c1. The molecule has 5 heteroatoms. The van der Waals surface area contributed by atoms with E-state index in [4.69, 9.17) is 18.9 Å². The minimum Gasteiger partial charge on any atom is -0.493 e. The lowest BCUT2D eigenvalue weighted by molar-refractivity contribution is 0.282. The van der Waals surface area contributed by atoms with E-state index in [9.17, 15) is 0 Å². The quantitative estimate of drug-likeness (QED) is 0.754. The first-order valence-corrected chi connectivity index (χ1v) is 6.82. The van der Waals surface area contributed by atoms with E-state index in [0.29, 0.717) is 35.6 Å². The standard InChI is InChI=1S/C15H25NO4/c1-6-16-11(2)7-8-20-12-9-13(17-3)15(19-5)14(10-12)18-4/h9-11,16H,6-8H2,1-5H3. The van der Waals surface area contributed by atoms with E-state index < -0.39 is 0 Å². The van der Waals surface area contributed by atoms with Gasteiger partial charge in [0.05, 0.1) is 27.9 Å². The van der Waals surface area contributed by atoms with Crippen molar-refractivity contribution in [1.29, 1.82) is 0 Å². The van der Waals surface area contributed by atoms with Gasteiger partial charge in [-0.2, -0.15) is 0 Å². The summed E-state index contributed by atoms with van der Waals surface area (Å²) in [5.41, 5.74) is 0. The predicted molar refractivity (Wildman–Crippen MR) is 79.3 cm³/mol. The third-order valence-electron chi connectivity index (χ3n) is 3.01. The highest BCUT2D eigenvalue weighted by molar-refractivity contribution is 5.55. The Morgan fingerprint density at radius 2 is 1.65 bits per heavy atom. The third-order valence-corrected chi connectivity index (χ3v) is 3.01. The van der Waals surface area contributed by atoms with Gasteiger partial charge < -0.3 is 24.3 Å². The van der Waals surface area contributed by atoms with Crippen molar-refractivity contribution in [3.05, 3.63) is 12.1 Å². The van der Waals surface area contributed by atoms with Crippen LogP contribution in [0, 0.1) is 0 Å². The third kappa shape index (κ3) is 4.49. The Kier molecular flexibility index (Phi) is 7.01. The molecule has 0 bridgehead atoms. The molecule has 5 nitrogen and oxygen atoms in total. The van der Waals surface area contributed by atoms with E-state index in [2.05, 4.69) is 19.2 Å². The van der Waals surface area contributed by atoms with Crippen LogP contribution in [-0.4, -0.2) is 40.5 Å². The van der Waals surface area contributed by atoms with Crippen molar-refractivity contribution in [1.82, 2.24) is 5.32 Å². The first-order chi connectivity index (χ1) is 9.65. The lowest BCUT2D eigenvalue weighted by atomic mass is 10.2. The molecule has 0 aliphatic rings. The molecule has 0 aliphatic carbocycles. The molecule has 0 saturated heterocycles. The maximum atomic E-state index is 5.75. The van der Waals surface area contributed by atoms with Gasteiger partial charge in [0.25, 0.3) is 0 Å². The van der Waals surface area contributed by atoms with E-state index in [-0.39, 0.29) is 0 Å². The minimum atomic E-state index is 0.432. The van der Waals surface area contributed by atoms with Crippen molar-refractivity contribution in [2.45, 2.75) is 26.3 Å². The Balaban J connectivity index is 2.71. The molecular formula is C15H25NO4. The number of ether oxygens (including phenoxy) is 4. The molecule has 1 aromatic carbocycles. The molecule has 0 heterocycles. The van der Waals surface area contributed by atoms with E-state index in [1.54, 1.807) is 33.5 Å². The molecule has 0 amide bonds. The van der Waals surface area contributed by atoms with Gasteiger partial charge in [0, 0.05) is 18.2 Å².